The third-order valence-electron chi connectivity index (χ3n) is 3.20. The molecule has 0 aliphatic rings. The second-order valence-electron chi connectivity index (χ2n) is 5.79. The fourth-order valence-corrected chi connectivity index (χ4v) is 1.97. The molecule has 130 valence electrons. The maximum absolute atomic E-state index is 13.0. The van der Waals surface area contributed by atoms with Crippen molar-refractivity contribution in [2.24, 2.45) is 5.92 Å². The summed E-state index contributed by atoms with van der Waals surface area (Å²) >= 11 is 0. The molecule has 1 aromatic heterocycles. The predicted octanol–water partition coefficient (Wildman–Crippen LogP) is 4.84. The lowest BCUT2D eigenvalue weighted by atomic mass is 10.1. The summed E-state index contributed by atoms with van der Waals surface area (Å²) < 4.78 is 44.4. The summed E-state index contributed by atoms with van der Waals surface area (Å²) in [5, 5.41) is 2.92. The zero-order valence-corrected chi connectivity index (χ0v) is 13.8. The minimum Gasteiger partial charge on any atom is -0.477 e. The molecule has 4 nitrogen and oxygen atoms in total. The molecule has 1 aromatic carbocycles. The van der Waals surface area contributed by atoms with E-state index in [-0.39, 0.29) is 18.5 Å². The normalized spacial score (nSPS) is 11.6. The second kappa shape index (κ2) is 7.51. The number of hydrogen-bond acceptors (Lipinski definition) is 4. The highest BCUT2D eigenvalue weighted by Crippen LogP contribution is 2.35. The van der Waals surface area contributed by atoms with Gasteiger partial charge in [-0.2, -0.15) is 18.2 Å². The average molecular weight is 339 g/mol. The van der Waals surface area contributed by atoms with Gasteiger partial charge in [0, 0.05) is 11.9 Å². The van der Waals surface area contributed by atoms with Crippen LogP contribution in [-0.2, 0) is 12.6 Å². The molecule has 0 saturated heterocycles. The van der Waals surface area contributed by atoms with E-state index in [0.717, 1.165) is 18.2 Å². The summed E-state index contributed by atoms with van der Waals surface area (Å²) in [6, 6.07) is 7.53. The van der Waals surface area contributed by atoms with Crippen LogP contribution in [0.4, 0.5) is 24.8 Å². The van der Waals surface area contributed by atoms with Crippen molar-refractivity contribution in [3.63, 3.8) is 0 Å². The summed E-state index contributed by atoms with van der Waals surface area (Å²) in [4.78, 5) is 7.66. The van der Waals surface area contributed by atoms with E-state index in [9.17, 15) is 13.2 Å². The largest absolute Gasteiger partial charge is 0.477 e. The van der Waals surface area contributed by atoms with Gasteiger partial charge in [0.1, 0.15) is 5.56 Å². The van der Waals surface area contributed by atoms with Crippen molar-refractivity contribution in [3.8, 4) is 5.88 Å². The van der Waals surface area contributed by atoms with Gasteiger partial charge in [0.2, 0.25) is 11.8 Å². The number of anilines is 2. The number of nitrogens with zero attached hydrogens (tertiary/aromatic N) is 2. The number of aromatic nitrogens is 2. The van der Waals surface area contributed by atoms with E-state index in [2.05, 4.69) is 15.3 Å². The Labute approximate surface area is 139 Å². The van der Waals surface area contributed by atoms with Crippen LogP contribution in [0.25, 0.3) is 0 Å². The maximum Gasteiger partial charge on any atom is 0.423 e. The standard InChI is InChI=1S/C17H20F3N3O/c1-4-12-6-5-7-13(8-12)22-16-21-9-14(17(18,19)20)15(23-16)24-10-11(2)3/h5-9,11H,4,10H2,1-3H3,(H,21,22,23). The highest BCUT2D eigenvalue weighted by molar-refractivity contribution is 5.55. The zero-order chi connectivity index (χ0) is 17.7. The number of rotatable bonds is 6. The van der Waals surface area contributed by atoms with Gasteiger partial charge in [0.25, 0.3) is 0 Å². The number of hydrogen-bond donors (Lipinski definition) is 1. The van der Waals surface area contributed by atoms with Gasteiger partial charge >= 0.3 is 6.18 Å². The van der Waals surface area contributed by atoms with Crippen LogP contribution in [0.3, 0.4) is 0 Å². The van der Waals surface area contributed by atoms with Crippen LogP contribution in [0.1, 0.15) is 31.9 Å². The molecule has 0 saturated carbocycles. The lowest BCUT2D eigenvalue weighted by molar-refractivity contribution is -0.139. The molecule has 0 aliphatic heterocycles. The lowest BCUT2D eigenvalue weighted by Crippen LogP contribution is -2.14. The Morgan fingerprint density at radius 2 is 2.00 bits per heavy atom. The number of nitrogens with one attached hydrogen (secondary N) is 1. The Kier molecular flexibility index (Phi) is 5.64. The summed E-state index contributed by atoms with van der Waals surface area (Å²) in [6.07, 6.45) is -2.96. The van der Waals surface area contributed by atoms with Crippen molar-refractivity contribution in [1.29, 1.82) is 0 Å². The molecule has 0 aliphatic carbocycles. The summed E-state index contributed by atoms with van der Waals surface area (Å²) in [7, 11) is 0. The SMILES string of the molecule is CCc1cccc(Nc2ncc(C(F)(F)F)c(OCC(C)C)n2)c1. The smallest absolute Gasteiger partial charge is 0.423 e. The molecule has 24 heavy (non-hydrogen) atoms. The van der Waals surface area contributed by atoms with Gasteiger partial charge in [0.15, 0.2) is 0 Å². The first kappa shape index (κ1) is 18.0. The lowest BCUT2D eigenvalue weighted by Gasteiger charge is -2.15. The van der Waals surface area contributed by atoms with E-state index in [1.165, 1.54) is 0 Å². The van der Waals surface area contributed by atoms with Crippen LogP contribution in [0.5, 0.6) is 5.88 Å². The number of alkyl halides is 3. The number of aryl methyl sites for hydroxylation is 1. The first-order valence-electron chi connectivity index (χ1n) is 7.72. The Balaban J connectivity index is 2.28. The molecule has 1 N–H and O–H groups in total. The van der Waals surface area contributed by atoms with Crippen LogP contribution in [-0.4, -0.2) is 16.6 Å². The van der Waals surface area contributed by atoms with Gasteiger partial charge in [-0.05, 0) is 30.0 Å². The van der Waals surface area contributed by atoms with Crippen molar-refractivity contribution in [2.75, 3.05) is 11.9 Å². The fraction of sp³-hybridized carbons (Fsp3) is 0.412. The number of benzene rings is 1. The van der Waals surface area contributed by atoms with Crippen LogP contribution in [0.15, 0.2) is 30.5 Å². The van der Waals surface area contributed by atoms with Crippen LogP contribution < -0.4 is 10.1 Å². The third-order valence-corrected chi connectivity index (χ3v) is 3.20. The van der Waals surface area contributed by atoms with E-state index < -0.39 is 17.6 Å². The highest BCUT2D eigenvalue weighted by atomic mass is 19.4. The molecular weight excluding hydrogens is 319 g/mol. The zero-order valence-electron chi connectivity index (χ0n) is 13.8. The first-order chi connectivity index (χ1) is 11.3. The van der Waals surface area contributed by atoms with E-state index in [4.69, 9.17) is 4.74 Å². The Morgan fingerprint density at radius 1 is 1.25 bits per heavy atom. The molecule has 0 amide bonds. The molecule has 0 atom stereocenters. The van der Waals surface area contributed by atoms with Gasteiger partial charge < -0.3 is 10.1 Å². The first-order valence-corrected chi connectivity index (χ1v) is 7.72. The molecule has 2 rings (SSSR count). The molecular formula is C17H20F3N3O. The molecule has 0 fully saturated rings. The van der Waals surface area contributed by atoms with Crippen LogP contribution in [0, 0.1) is 5.92 Å². The van der Waals surface area contributed by atoms with E-state index in [1.54, 1.807) is 6.07 Å². The molecule has 0 radical (unpaired) electrons. The van der Waals surface area contributed by atoms with Gasteiger partial charge in [-0.25, -0.2) is 4.98 Å². The molecule has 1 heterocycles. The van der Waals surface area contributed by atoms with Crippen molar-refractivity contribution in [3.05, 3.63) is 41.6 Å². The second-order valence-corrected chi connectivity index (χ2v) is 5.79. The summed E-state index contributed by atoms with van der Waals surface area (Å²) in [5.74, 6) is -0.311. The van der Waals surface area contributed by atoms with Gasteiger partial charge in [-0.15, -0.1) is 0 Å². The Morgan fingerprint density at radius 3 is 2.62 bits per heavy atom. The van der Waals surface area contributed by atoms with Crippen molar-refractivity contribution >= 4 is 11.6 Å². The predicted molar refractivity (Wildman–Crippen MR) is 86.5 cm³/mol. The van der Waals surface area contributed by atoms with Gasteiger partial charge in [-0.1, -0.05) is 32.9 Å². The third kappa shape index (κ3) is 4.84. The number of ether oxygens (including phenoxy) is 1. The van der Waals surface area contributed by atoms with E-state index >= 15 is 0 Å². The Bertz CT molecular complexity index is 687. The minimum atomic E-state index is -4.56. The average Bonchev–Trinajstić information content (AvgIpc) is 2.52. The molecule has 2 aromatic rings. The Hall–Kier alpha value is -2.31. The molecule has 0 unspecified atom stereocenters. The summed E-state index contributed by atoms with van der Waals surface area (Å²) in [5.41, 5.74) is 0.836. The van der Waals surface area contributed by atoms with Crippen LogP contribution >= 0.6 is 0 Å². The van der Waals surface area contributed by atoms with E-state index in [1.807, 2.05) is 39.0 Å². The maximum atomic E-state index is 13.0. The summed E-state index contributed by atoms with van der Waals surface area (Å²) in [6.45, 7) is 5.87. The molecule has 7 heteroatoms. The van der Waals surface area contributed by atoms with Gasteiger partial charge in [-0.3, -0.25) is 0 Å². The van der Waals surface area contributed by atoms with Crippen molar-refractivity contribution in [2.45, 2.75) is 33.4 Å². The molecule has 0 bridgehead atoms. The quantitative estimate of drug-likeness (QED) is 0.818. The van der Waals surface area contributed by atoms with Crippen LogP contribution in [0.2, 0.25) is 0 Å². The van der Waals surface area contributed by atoms with Gasteiger partial charge in [0.05, 0.1) is 6.61 Å². The number of halogens is 3. The van der Waals surface area contributed by atoms with Crippen molar-refractivity contribution < 1.29 is 17.9 Å². The minimum absolute atomic E-state index is 0.0648. The fourth-order valence-electron chi connectivity index (χ4n) is 1.97. The highest BCUT2D eigenvalue weighted by Gasteiger charge is 2.36. The monoisotopic (exact) mass is 339 g/mol. The molecule has 0 spiro atoms. The van der Waals surface area contributed by atoms with E-state index in [0.29, 0.717) is 5.69 Å². The van der Waals surface area contributed by atoms with Crippen molar-refractivity contribution in [1.82, 2.24) is 9.97 Å². The topological polar surface area (TPSA) is 47.0 Å².